The molecule has 0 N–H and O–H groups in total. The zero-order chi connectivity index (χ0) is 39.8. The van der Waals surface area contributed by atoms with Crippen LogP contribution in [0.1, 0.15) is 44.4 Å². The number of hydrogen-bond donors (Lipinski definition) is 0. The first kappa shape index (κ1) is 37.6. The van der Waals surface area contributed by atoms with Crippen LogP contribution in [0.4, 0.5) is 0 Å². The molecule has 0 radical (unpaired) electrons. The maximum atomic E-state index is 5.71. The number of terminal acetylenes is 1. The van der Waals surface area contributed by atoms with Gasteiger partial charge in [-0.1, -0.05) is 199 Å². The molecule has 57 heavy (non-hydrogen) atoms. The second-order valence-corrected chi connectivity index (χ2v) is 15.5. The fourth-order valence-electron chi connectivity index (χ4n) is 9.64. The van der Waals surface area contributed by atoms with Gasteiger partial charge in [0.25, 0.3) is 0 Å². The lowest BCUT2D eigenvalue weighted by Crippen LogP contribution is -2.45. The van der Waals surface area contributed by atoms with Crippen LogP contribution in [0.5, 0.6) is 0 Å². The van der Waals surface area contributed by atoms with E-state index in [1.807, 2.05) is 19.9 Å². The minimum Gasteiger partial charge on any atom is -0.115 e. The highest BCUT2D eigenvalue weighted by Crippen LogP contribution is 2.44. The van der Waals surface area contributed by atoms with Gasteiger partial charge in [0, 0.05) is 0 Å². The number of benzene rings is 9. The third kappa shape index (κ3) is 6.70. The van der Waals surface area contributed by atoms with E-state index in [9.17, 15) is 0 Å². The number of aryl methyl sites for hydroxylation is 3. The van der Waals surface area contributed by atoms with Gasteiger partial charge in [-0.3, -0.25) is 0 Å². The molecule has 0 aliphatic carbocycles. The molecule has 0 aromatic heterocycles. The minimum atomic E-state index is 0.117. The summed E-state index contributed by atoms with van der Waals surface area (Å²) in [6.45, 7) is 15.3. The Morgan fingerprint density at radius 1 is 0.544 bits per heavy atom. The van der Waals surface area contributed by atoms with Crippen LogP contribution in [0.25, 0.3) is 76.1 Å². The van der Waals surface area contributed by atoms with Crippen molar-refractivity contribution in [3.8, 4) is 34.6 Å². The summed E-state index contributed by atoms with van der Waals surface area (Å²) in [7, 11) is 0. The molecule has 0 bridgehead atoms. The molecule has 0 aliphatic rings. The molecule has 0 saturated heterocycles. The molecule has 0 aliphatic heterocycles. The minimum absolute atomic E-state index is 0.117. The smallest absolute Gasteiger partial charge is 0.115 e. The van der Waals surface area contributed by atoms with Gasteiger partial charge in [-0.2, -0.15) is 0 Å². The SMILES string of the molecule is C#C/C=C(C)\C=C(\C)CB(c1c(C)cc(C)cc1C)c1cc(-c2cccc3ccccc23)c2ccc3ccc(-c4cccc5ccccc45)c4ccc1c2c34.CC. The third-order valence-electron chi connectivity index (χ3n) is 11.7. The highest BCUT2D eigenvalue weighted by atomic mass is 14.2. The van der Waals surface area contributed by atoms with Gasteiger partial charge >= 0.3 is 0 Å². The van der Waals surface area contributed by atoms with Crippen molar-refractivity contribution in [3.63, 3.8) is 0 Å². The Morgan fingerprint density at radius 2 is 1.07 bits per heavy atom. The molecule has 0 unspecified atom stereocenters. The highest BCUT2D eigenvalue weighted by molar-refractivity contribution is 6.88. The molecule has 0 fully saturated rings. The topological polar surface area (TPSA) is 0 Å². The van der Waals surface area contributed by atoms with Crippen LogP contribution in [0.3, 0.4) is 0 Å². The molecule has 0 saturated carbocycles. The number of rotatable bonds is 7. The average molecular weight is 733 g/mol. The van der Waals surface area contributed by atoms with Gasteiger partial charge in [0.15, 0.2) is 0 Å². The normalized spacial score (nSPS) is 12.0. The number of allylic oxidation sites excluding steroid dienone is 4. The lowest BCUT2D eigenvalue weighted by atomic mass is 9.35. The number of hydrogen-bond acceptors (Lipinski definition) is 0. The largest absolute Gasteiger partial charge is 0.214 e. The second-order valence-electron chi connectivity index (χ2n) is 15.5. The first-order valence-corrected chi connectivity index (χ1v) is 20.4. The predicted octanol–water partition coefficient (Wildman–Crippen LogP) is 14.3. The fraction of sp³-hybridized carbons (Fsp3) is 0.143. The Hall–Kier alpha value is -6.36. The van der Waals surface area contributed by atoms with E-state index >= 15 is 0 Å². The van der Waals surface area contributed by atoms with Crippen LogP contribution < -0.4 is 10.9 Å². The Morgan fingerprint density at radius 3 is 1.72 bits per heavy atom. The summed E-state index contributed by atoms with van der Waals surface area (Å²) in [5.74, 6) is 2.73. The summed E-state index contributed by atoms with van der Waals surface area (Å²) >= 11 is 0. The van der Waals surface area contributed by atoms with Crippen molar-refractivity contribution in [1.29, 1.82) is 0 Å². The molecule has 9 aromatic rings. The Bertz CT molecular complexity index is 3040. The number of fused-ring (bicyclic) bond motifs is 2. The summed E-state index contributed by atoms with van der Waals surface area (Å²) < 4.78 is 0. The fourth-order valence-corrected chi connectivity index (χ4v) is 9.64. The molecular formula is C56H49B. The first-order chi connectivity index (χ1) is 27.8. The van der Waals surface area contributed by atoms with Crippen LogP contribution in [-0.4, -0.2) is 6.71 Å². The van der Waals surface area contributed by atoms with Crippen molar-refractivity contribution in [2.75, 3.05) is 0 Å². The third-order valence-corrected chi connectivity index (χ3v) is 11.7. The van der Waals surface area contributed by atoms with Gasteiger partial charge in [0.05, 0.1) is 0 Å². The van der Waals surface area contributed by atoms with Crippen LogP contribution in [-0.2, 0) is 0 Å². The van der Waals surface area contributed by atoms with Gasteiger partial charge in [-0.05, 0) is 129 Å². The molecule has 0 spiro atoms. The molecule has 0 atom stereocenters. The van der Waals surface area contributed by atoms with Gasteiger partial charge in [0.1, 0.15) is 0 Å². The van der Waals surface area contributed by atoms with E-state index < -0.39 is 0 Å². The molecule has 0 nitrogen and oxygen atoms in total. The summed E-state index contributed by atoms with van der Waals surface area (Å²) in [5, 5.41) is 12.9. The Labute approximate surface area is 339 Å². The molecule has 9 aromatic carbocycles. The summed E-state index contributed by atoms with van der Waals surface area (Å²) in [6, 6.07) is 52.5. The van der Waals surface area contributed by atoms with E-state index in [1.165, 1.54) is 109 Å². The Balaban J connectivity index is 0.00000224. The predicted molar refractivity (Wildman–Crippen MR) is 254 cm³/mol. The van der Waals surface area contributed by atoms with Crippen molar-refractivity contribution >= 4 is 71.5 Å². The van der Waals surface area contributed by atoms with Crippen molar-refractivity contribution in [2.24, 2.45) is 0 Å². The molecule has 0 heterocycles. The zero-order valence-corrected chi connectivity index (χ0v) is 34.3. The second kappa shape index (κ2) is 15.6. The maximum absolute atomic E-state index is 5.71. The quantitative estimate of drug-likeness (QED) is 0.0662. The highest BCUT2D eigenvalue weighted by Gasteiger charge is 2.28. The summed E-state index contributed by atoms with van der Waals surface area (Å²) in [6.07, 6.45) is 10.7. The van der Waals surface area contributed by atoms with Crippen LogP contribution >= 0.6 is 0 Å². The van der Waals surface area contributed by atoms with Gasteiger partial charge in [-0.15, -0.1) is 6.42 Å². The van der Waals surface area contributed by atoms with E-state index in [2.05, 4.69) is 186 Å². The van der Waals surface area contributed by atoms with Crippen molar-refractivity contribution in [2.45, 2.75) is 54.8 Å². The van der Waals surface area contributed by atoms with Gasteiger partial charge in [0.2, 0.25) is 6.71 Å². The lowest BCUT2D eigenvalue weighted by molar-refractivity contribution is 1.31. The maximum Gasteiger partial charge on any atom is 0.214 e. The van der Waals surface area contributed by atoms with Crippen molar-refractivity contribution in [3.05, 3.63) is 180 Å². The van der Waals surface area contributed by atoms with Gasteiger partial charge in [-0.25, -0.2) is 0 Å². The monoisotopic (exact) mass is 732 g/mol. The van der Waals surface area contributed by atoms with Crippen molar-refractivity contribution < 1.29 is 0 Å². The van der Waals surface area contributed by atoms with E-state index in [1.54, 1.807) is 0 Å². The molecule has 1 heteroatoms. The van der Waals surface area contributed by atoms with Crippen LogP contribution in [0, 0.1) is 33.1 Å². The Kier molecular flexibility index (Phi) is 10.3. The molecule has 276 valence electrons. The van der Waals surface area contributed by atoms with Crippen LogP contribution in [0.2, 0.25) is 6.32 Å². The zero-order valence-electron chi connectivity index (χ0n) is 34.3. The average Bonchev–Trinajstić information content (AvgIpc) is 3.22. The molecule has 0 amide bonds. The standard InChI is InChI=1S/C54H43B.C2H6/c1-7-14-34(2)29-36(4)33-55(54-37(5)30-35(3)31-38(54)6)51-32-50(45-22-13-18-40-16-9-11-20-43(40)45)48-26-24-41-23-25-46(47-27-28-49(51)53(48)52(41)47)44-21-12-17-39-15-8-10-19-42(39)44;1-2/h1,8-32H,33H2,2-6H3;1-2H3/b34-14-,36-29-;. The van der Waals surface area contributed by atoms with E-state index in [-0.39, 0.29) is 6.71 Å². The van der Waals surface area contributed by atoms with E-state index in [4.69, 9.17) is 6.42 Å². The molecule has 9 rings (SSSR count). The first-order valence-electron chi connectivity index (χ1n) is 20.4. The van der Waals surface area contributed by atoms with E-state index in [0.29, 0.717) is 0 Å². The van der Waals surface area contributed by atoms with Crippen LogP contribution in [0.15, 0.2) is 163 Å². The van der Waals surface area contributed by atoms with Gasteiger partial charge < -0.3 is 0 Å². The molecular weight excluding hydrogens is 683 g/mol. The van der Waals surface area contributed by atoms with E-state index in [0.717, 1.165) is 11.9 Å². The summed E-state index contributed by atoms with van der Waals surface area (Å²) in [4.78, 5) is 0. The van der Waals surface area contributed by atoms with Crippen molar-refractivity contribution in [1.82, 2.24) is 0 Å². The lowest BCUT2D eigenvalue weighted by Gasteiger charge is -2.26. The summed E-state index contributed by atoms with van der Waals surface area (Å²) in [5.41, 5.74) is 14.2.